The molecule has 0 amide bonds. The van der Waals surface area contributed by atoms with Crippen molar-refractivity contribution in [2.45, 2.75) is 40.0 Å². The lowest BCUT2D eigenvalue weighted by Gasteiger charge is -2.09. The van der Waals surface area contributed by atoms with Gasteiger partial charge in [-0.3, -0.25) is 4.98 Å². The number of phenolic OH excluding ortho intramolecular Hbond substituents is 2. The number of pyridine rings is 1. The van der Waals surface area contributed by atoms with Crippen LogP contribution in [0.3, 0.4) is 0 Å². The minimum absolute atomic E-state index is 0.121. The third kappa shape index (κ3) is 4.98. The number of phenols is 2. The number of rotatable bonds is 6. The molecule has 24 heavy (non-hydrogen) atoms. The molecule has 0 fully saturated rings. The smallest absolute Gasteiger partial charge is 0.123 e. The number of aromatic nitrogens is 1. The number of nitrogens with zero attached hydrogens (tertiary/aromatic N) is 1. The van der Waals surface area contributed by atoms with Gasteiger partial charge in [0.2, 0.25) is 0 Å². The topological polar surface area (TPSA) is 53.4 Å². The van der Waals surface area contributed by atoms with Crippen LogP contribution in [0.2, 0.25) is 0 Å². The molecule has 3 nitrogen and oxygen atoms in total. The number of aromatic hydroxyl groups is 2. The number of hydrogen-bond acceptors (Lipinski definition) is 3. The van der Waals surface area contributed by atoms with Crippen molar-refractivity contribution >= 4 is 0 Å². The second-order valence-electron chi connectivity index (χ2n) is 6.30. The standard InChI is InChI=1S/C21H25NO2/c1-15(2)5-4-6-16(3)7-8-19-20(23)13-18(14-21(19)24)17-9-11-22-12-10-17/h5,7,9-14,23-24H,4,6,8H2,1-3H3/b16-7+. The van der Waals surface area contributed by atoms with Crippen LogP contribution in [-0.2, 0) is 6.42 Å². The first-order valence-corrected chi connectivity index (χ1v) is 8.21. The van der Waals surface area contributed by atoms with Gasteiger partial charge in [-0.15, -0.1) is 0 Å². The summed E-state index contributed by atoms with van der Waals surface area (Å²) in [6, 6.07) is 7.08. The lowest BCUT2D eigenvalue weighted by atomic mass is 10.00. The highest BCUT2D eigenvalue weighted by Gasteiger charge is 2.10. The van der Waals surface area contributed by atoms with Gasteiger partial charge in [-0.05, 0) is 75.4 Å². The summed E-state index contributed by atoms with van der Waals surface area (Å²) in [7, 11) is 0. The van der Waals surface area contributed by atoms with Crippen LogP contribution < -0.4 is 0 Å². The molecule has 0 atom stereocenters. The molecular formula is C21H25NO2. The van der Waals surface area contributed by atoms with E-state index >= 15 is 0 Å². The molecular weight excluding hydrogens is 298 g/mol. The van der Waals surface area contributed by atoms with Crippen LogP contribution in [0.15, 0.2) is 60.0 Å². The molecule has 0 saturated heterocycles. The first kappa shape index (κ1) is 17.8. The Morgan fingerprint density at radius 1 is 0.958 bits per heavy atom. The van der Waals surface area contributed by atoms with E-state index in [1.165, 1.54) is 11.1 Å². The third-order valence-corrected chi connectivity index (χ3v) is 3.96. The van der Waals surface area contributed by atoms with Crippen molar-refractivity contribution in [2.75, 3.05) is 0 Å². The average molecular weight is 323 g/mol. The minimum atomic E-state index is 0.121. The van der Waals surface area contributed by atoms with Crippen molar-refractivity contribution in [3.63, 3.8) is 0 Å². The van der Waals surface area contributed by atoms with Crippen molar-refractivity contribution in [2.24, 2.45) is 0 Å². The first-order valence-electron chi connectivity index (χ1n) is 8.21. The molecule has 2 rings (SSSR count). The maximum atomic E-state index is 10.3. The van der Waals surface area contributed by atoms with Gasteiger partial charge in [0.25, 0.3) is 0 Å². The van der Waals surface area contributed by atoms with Crippen LogP contribution in [0.1, 0.15) is 39.2 Å². The van der Waals surface area contributed by atoms with Crippen LogP contribution in [0.4, 0.5) is 0 Å². The Hall–Kier alpha value is -2.55. The summed E-state index contributed by atoms with van der Waals surface area (Å²) in [5.74, 6) is 0.241. The molecule has 126 valence electrons. The zero-order valence-electron chi connectivity index (χ0n) is 14.6. The third-order valence-electron chi connectivity index (χ3n) is 3.96. The molecule has 2 N–H and O–H groups in total. The Kier molecular flexibility index (Phi) is 6.19. The highest BCUT2D eigenvalue weighted by atomic mass is 16.3. The van der Waals surface area contributed by atoms with Crippen molar-refractivity contribution in [3.05, 3.63) is 65.5 Å². The van der Waals surface area contributed by atoms with Gasteiger partial charge in [0.1, 0.15) is 11.5 Å². The molecule has 0 saturated carbocycles. The maximum absolute atomic E-state index is 10.3. The molecule has 0 spiro atoms. The summed E-state index contributed by atoms with van der Waals surface area (Å²) in [6.45, 7) is 6.28. The molecule has 0 aliphatic carbocycles. The summed E-state index contributed by atoms with van der Waals surface area (Å²) in [6.07, 6.45) is 10.2. The van der Waals surface area contributed by atoms with Gasteiger partial charge in [0, 0.05) is 18.0 Å². The molecule has 1 heterocycles. The molecule has 1 aromatic heterocycles. The van der Waals surface area contributed by atoms with Crippen molar-refractivity contribution < 1.29 is 10.2 Å². The second kappa shape index (κ2) is 8.34. The van der Waals surface area contributed by atoms with E-state index in [0.29, 0.717) is 12.0 Å². The molecule has 0 bridgehead atoms. The van der Waals surface area contributed by atoms with Crippen LogP contribution in [-0.4, -0.2) is 15.2 Å². The Morgan fingerprint density at radius 2 is 1.58 bits per heavy atom. The van der Waals surface area contributed by atoms with Crippen molar-refractivity contribution in [1.82, 2.24) is 4.98 Å². The predicted molar refractivity (Wildman–Crippen MR) is 99.1 cm³/mol. The van der Waals surface area contributed by atoms with Gasteiger partial charge in [-0.1, -0.05) is 23.3 Å². The lowest BCUT2D eigenvalue weighted by molar-refractivity contribution is 0.441. The number of hydrogen-bond donors (Lipinski definition) is 2. The van der Waals surface area contributed by atoms with E-state index in [-0.39, 0.29) is 11.5 Å². The summed E-state index contributed by atoms with van der Waals surface area (Å²) >= 11 is 0. The molecule has 2 aromatic rings. The van der Waals surface area contributed by atoms with Crippen molar-refractivity contribution in [3.8, 4) is 22.6 Å². The van der Waals surface area contributed by atoms with E-state index in [1.54, 1.807) is 24.5 Å². The van der Waals surface area contributed by atoms with Crippen molar-refractivity contribution in [1.29, 1.82) is 0 Å². The van der Waals surface area contributed by atoms with E-state index in [2.05, 4.69) is 37.9 Å². The average Bonchev–Trinajstić information content (AvgIpc) is 2.54. The van der Waals surface area contributed by atoms with Gasteiger partial charge in [0.05, 0.1) is 0 Å². The van der Waals surface area contributed by atoms with Gasteiger partial charge in [0.15, 0.2) is 0 Å². The second-order valence-corrected chi connectivity index (χ2v) is 6.30. The Balaban J connectivity index is 2.13. The van der Waals surface area contributed by atoms with Crippen LogP contribution in [0.25, 0.3) is 11.1 Å². The van der Waals surface area contributed by atoms with Gasteiger partial charge in [-0.2, -0.15) is 0 Å². The molecule has 0 aliphatic heterocycles. The normalized spacial score (nSPS) is 11.4. The number of allylic oxidation sites excluding steroid dienone is 4. The van der Waals surface area contributed by atoms with E-state index < -0.39 is 0 Å². The Labute approximate surface area is 144 Å². The molecule has 0 radical (unpaired) electrons. The monoisotopic (exact) mass is 323 g/mol. The lowest BCUT2D eigenvalue weighted by Crippen LogP contribution is -1.88. The summed E-state index contributed by atoms with van der Waals surface area (Å²) in [5.41, 5.74) is 4.83. The minimum Gasteiger partial charge on any atom is -0.507 e. The van der Waals surface area contributed by atoms with Crippen LogP contribution in [0.5, 0.6) is 11.5 Å². The van der Waals surface area contributed by atoms with Gasteiger partial charge < -0.3 is 10.2 Å². The summed E-state index contributed by atoms with van der Waals surface area (Å²) < 4.78 is 0. The Morgan fingerprint density at radius 3 is 2.17 bits per heavy atom. The number of benzene rings is 1. The van der Waals surface area contributed by atoms with E-state index in [9.17, 15) is 10.2 Å². The fourth-order valence-electron chi connectivity index (χ4n) is 2.53. The summed E-state index contributed by atoms with van der Waals surface area (Å²) in [5, 5.41) is 20.6. The molecule has 1 aromatic carbocycles. The maximum Gasteiger partial charge on any atom is 0.123 e. The highest BCUT2D eigenvalue weighted by Crippen LogP contribution is 2.34. The van der Waals surface area contributed by atoms with Gasteiger partial charge >= 0.3 is 0 Å². The van der Waals surface area contributed by atoms with E-state index in [4.69, 9.17) is 0 Å². The zero-order chi connectivity index (χ0) is 17.5. The van der Waals surface area contributed by atoms with E-state index in [1.807, 2.05) is 12.1 Å². The van der Waals surface area contributed by atoms with Gasteiger partial charge in [-0.25, -0.2) is 0 Å². The van der Waals surface area contributed by atoms with Crippen LogP contribution in [0, 0.1) is 0 Å². The SMILES string of the molecule is CC(C)=CCC/C(C)=C/Cc1c(O)cc(-c2ccncc2)cc1O. The first-order chi connectivity index (χ1) is 11.5. The fraction of sp³-hybridized carbons (Fsp3) is 0.286. The largest absolute Gasteiger partial charge is 0.507 e. The zero-order valence-corrected chi connectivity index (χ0v) is 14.6. The highest BCUT2D eigenvalue weighted by molar-refractivity contribution is 5.68. The van der Waals surface area contributed by atoms with E-state index in [0.717, 1.165) is 24.0 Å². The molecule has 3 heteroatoms. The van der Waals surface area contributed by atoms with Crippen LogP contribution >= 0.6 is 0 Å². The fourth-order valence-corrected chi connectivity index (χ4v) is 2.53. The predicted octanol–water partition coefficient (Wildman–Crippen LogP) is 5.40. The Bertz CT molecular complexity index is 719. The molecule has 0 unspecified atom stereocenters. The summed E-state index contributed by atoms with van der Waals surface area (Å²) in [4.78, 5) is 3.98. The quantitative estimate of drug-likeness (QED) is 0.700. The molecule has 0 aliphatic rings.